The number of hydrogen-bond donors (Lipinski definition) is 0. The summed E-state index contributed by atoms with van der Waals surface area (Å²) in [6, 6.07) is 13.6. The number of halogens is 1. The van der Waals surface area contributed by atoms with Crippen LogP contribution in [0.1, 0.15) is 21.5 Å². The minimum absolute atomic E-state index is 0.134. The maximum Gasteiger partial charge on any atom is 0.271 e. The Balaban J connectivity index is 1.68. The summed E-state index contributed by atoms with van der Waals surface area (Å²) in [4.78, 5) is 32.0. The Morgan fingerprint density at radius 1 is 1.09 bits per heavy atom. The average Bonchev–Trinajstić information content (AvgIpc) is 2.83. The van der Waals surface area contributed by atoms with Crippen molar-refractivity contribution in [2.45, 2.75) is 13.5 Å². The van der Waals surface area contributed by atoms with Crippen LogP contribution in [0.5, 0.6) is 0 Å². The lowest BCUT2D eigenvalue weighted by molar-refractivity contribution is 0.0747. The summed E-state index contributed by atoms with van der Waals surface area (Å²) in [5, 5.41) is 10.8. The number of hydrogen-bond acceptors (Lipinski definition) is 5. The van der Waals surface area contributed by atoms with Crippen molar-refractivity contribution in [3.63, 3.8) is 0 Å². The Bertz CT molecular complexity index is 1320. The third kappa shape index (κ3) is 4.52. The molecule has 0 radical (unpaired) electrons. The van der Waals surface area contributed by atoms with E-state index in [-0.39, 0.29) is 22.8 Å². The highest BCUT2D eigenvalue weighted by molar-refractivity contribution is 5.96. The van der Waals surface area contributed by atoms with Gasteiger partial charge in [0.05, 0.1) is 11.2 Å². The number of likely N-dealkylation sites (N-methyl/N-ethyl adjacent to an activating group) is 1. The largest absolute Gasteiger partial charge is 0.366 e. The molecule has 0 unspecified atom stereocenters. The summed E-state index contributed by atoms with van der Waals surface area (Å²) in [6.07, 6.45) is 0. The van der Waals surface area contributed by atoms with E-state index in [1.807, 2.05) is 49.0 Å². The molecule has 1 saturated heterocycles. The zero-order chi connectivity index (χ0) is 24.4. The lowest BCUT2D eigenvalue weighted by Gasteiger charge is -2.37. The highest BCUT2D eigenvalue weighted by atomic mass is 19.1. The maximum atomic E-state index is 13.4. The molecular weight excluding hydrogens is 433 g/mol. The molecular formula is C26H28FN5O2. The van der Waals surface area contributed by atoms with Gasteiger partial charge in [0.2, 0.25) is 0 Å². The number of anilines is 1. The molecule has 0 spiro atoms. The summed E-state index contributed by atoms with van der Waals surface area (Å²) < 4.78 is 14.9. The number of piperazine rings is 1. The Morgan fingerprint density at radius 2 is 1.76 bits per heavy atom. The van der Waals surface area contributed by atoms with Crippen LogP contribution in [-0.2, 0) is 6.54 Å². The Morgan fingerprint density at radius 3 is 2.38 bits per heavy atom. The van der Waals surface area contributed by atoms with Crippen molar-refractivity contribution in [2.24, 2.45) is 0 Å². The van der Waals surface area contributed by atoms with Crippen molar-refractivity contribution in [3.05, 3.63) is 75.3 Å². The van der Waals surface area contributed by atoms with Gasteiger partial charge in [0.1, 0.15) is 17.4 Å². The van der Waals surface area contributed by atoms with Crippen LogP contribution in [-0.4, -0.2) is 67.1 Å². The van der Waals surface area contributed by atoms with Gasteiger partial charge in [0.25, 0.3) is 11.5 Å². The van der Waals surface area contributed by atoms with Crippen LogP contribution in [0, 0.1) is 24.1 Å². The van der Waals surface area contributed by atoms with Crippen LogP contribution >= 0.6 is 0 Å². The lowest BCUT2D eigenvalue weighted by Crippen LogP contribution is -2.49. The zero-order valence-corrected chi connectivity index (χ0v) is 19.7. The Labute approximate surface area is 198 Å². The summed E-state index contributed by atoms with van der Waals surface area (Å²) in [5.74, 6) is -0.534. The first kappa shape index (κ1) is 23.5. The van der Waals surface area contributed by atoms with Gasteiger partial charge in [-0.05, 0) is 57.4 Å². The van der Waals surface area contributed by atoms with E-state index in [0.717, 1.165) is 16.5 Å². The summed E-state index contributed by atoms with van der Waals surface area (Å²) in [6.45, 7) is 5.02. The van der Waals surface area contributed by atoms with E-state index in [1.165, 1.54) is 24.3 Å². The van der Waals surface area contributed by atoms with Crippen molar-refractivity contribution in [2.75, 3.05) is 51.7 Å². The zero-order valence-electron chi connectivity index (χ0n) is 19.7. The Hall–Kier alpha value is -3.70. The fourth-order valence-electron chi connectivity index (χ4n) is 4.41. The van der Waals surface area contributed by atoms with Gasteiger partial charge in [-0.1, -0.05) is 11.6 Å². The number of fused-ring (bicyclic) bond motifs is 1. The third-order valence-corrected chi connectivity index (χ3v) is 6.25. The molecule has 176 valence electrons. The number of nitrogens with zero attached hydrogens (tertiary/aromatic N) is 5. The molecule has 2 aromatic carbocycles. The van der Waals surface area contributed by atoms with Crippen molar-refractivity contribution in [1.82, 2.24) is 14.4 Å². The van der Waals surface area contributed by atoms with E-state index in [9.17, 15) is 19.2 Å². The second kappa shape index (κ2) is 9.65. The Kier molecular flexibility index (Phi) is 6.66. The van der Waals surface area contributed by atoms with Gasteiger partial charge in [0.15, 0.2) is 0 Å². The number of benzene rings is 2. The molecule has 34 heavy (non-hydrogen) atoms. The summed E-state index contributed by atoms with van der Waals surface area (Å²) >= 11 is 0. The van der Waals surface area contributed by atoms with Crippen LogP contribution in [0.25, 0.3) is 10.9 Å². The first-order chi connectivity index (χ1) is 16.3. The molecule has 3 aromatic rings. The molecule has 1 aliphatic heterocycles. The van der Waals surface area contributed by atoms with E-state index in [4.69, 9.17) is 0 Å². The van der Waals surface area contributed by atoms with Crippen molar-refractivity contribution in [3.8, 4) is 6.07 Å². The van der Waals surface area contributed by atoms with E-state index in [2.05, 4.69) is 6.07 Å². The number of carbonyl (C=O) groups excluding carboxylic acids is 1. The fraction of sp³-hybridized carbons (Fsp3) is 0.346. The smallest absolute Gasteiger partial charge is 0.271 e. The van der Waals surface area contributed by atoms with Crippen molar-refractivity contribution >= 4 is 22.5 Å². The van der Waals surface area contributed by atoms with Gasteiger partial charge < -0.3 is 19.3 Å². The van der Waals surface area contributed by atoms with Gasteiger partial charge in [-0.15, -0.1) is 0 Å². The van der Waals surface area contributed by atoms with Crippen LogP contribution < -0.4 is 10.5 Å². The molecule has 0 aliphatic carbocycles. The number of aryl methyl sites for hydroxylation is 1. The quantitative estimate of drug-likeness (QED) is 0.584. The van der Waals surface area contributed by atoms with Crippen LogP contribution in [0.4, 0.5) is 10.1 Å². The highest BCUT2D eigenvalue weighted by Gasteiger charge is 2.27. The van der Waals surface area contributed by atoms with Gasteiger partial charge >= 0.3 is 0 Å². The molecule has 1 aliphatic rings. The minimum Gasteiger partial charge on any atom is -0.366 e. The molecule has 0 bridgehead atoms. The monoisotopic (exact) mass is 461 g/mol. The topological polar surface area (TPSA) is 72.6 Å². The molecule has 2 heterocycles. The van der Waals surface area contributed by atoms with E-state index in [0.29, 0.717) is 50.5 Å². The SMILES string of the molecule is Cc1ccc2c(c1)c(N1CCN(C(=O)c3ccc(F)cc3)CC1)c(C#N)c(=O)n2CCN(C)C. The number of amides is 1. The molecule has 1 fully saturated rings. The number of aromatic nitrogens is 1. The van der Waals surface area contributed by atoms with Crippen molar-refractivity contribution in [1.29, 1.82) is 5.26 Å². The van der Waals surface area contributed by atoms with Crippen LogP contribution in [0.2, 0.25) is 0 Å². The number of nitriles is 1. The maximum absolute atomic E-state index is 13.4. The highest BCUT2D eigenvalue weighted by Crippen LogP contribution is 2.30. The van der Waals surface area contributed by atoms with Crippen LogP contribution in [0.3, 0.4) is 0 Å². The first-order valence-electron chi connectivity index (χ1n) is 11.3. The van der Waals surface area contributed by atoms with E-state index < -0.39 is 0 Å². The fourth-order valence-corrected chi connectivity index (χ4v) is 4.41. The second-order valence-corrected chi connectivity index (χ2v) is 8.90. The van der Waals surface area contributed by atoms with Gasteiger partial charge in [-0.25, -0.2) is 4.39 Å². The third-order valence-electron chi connectivity index (χ3n) is 6.25. The molecule has 0 saturated carbocycles. The molecule has 0 atom stereocenters. The molecule has 1 aromatic heterocycles. The van der Waals surface area contributed by atoms with E-state index in [1.54, 1.807) is 9.47 Å². The second-order valence-electron chi connectivity index (χ2n) is 8.90. The molecule has 0 N–H and O–H groups in total. The predicted molar refractivity (Wildman–Crippen MR) is 131 cm³/mol. The van der Waals surface area contributed by atoms with Gasteiger partial charge in [-0.3, -0.25) is 9.59 Å². The predicted octanol–water partition coefficient (Wildman–Crippen LogP) is 2.84. The number of pyridine rings is 1. The molecule has 8 heteroatoms. The van der Waals surface area contributed by atoms with Gasteiger partial charge in [-0.2, -0.15) is 5.26 Å². The minimum atomic E-state index is -0.382. The molecule has 4 rings (SSSR count). The van der Waals surface area contributed by atoms with Crippen molar-refractivity contribution < 1.29 is 9.18 Å². The number of rotatable bonds is 5. The first-order valence-corrected chi connectivity index (χ1v) is 11.3. The molecule has 7 nitrogen and oxygen atoms in total. The molecule has 1 amide bonds. The lowest BCUT2D eigenvalue weighted by atomic mass is 10.0. The average molecular weight is 462 g/mol. The summed E-state index contributed by atoms with van der Waals surface area (Å²) in [5.41, 5.74) is 2.77. The van der Waals surface area contributed by atoms with E-state index >= 15 is 0 Å². The standard InChI is InChI=1S/C26H28FN5O2/c1-18-4-9-23-21(16-18)24(22(17-28)26(34)32(23)15-10-29(2)3)30-11-13-31(14-12-30)25(33)19-5-7-20(27)8-6-19/h4-9,16H,10-15H2,1-3H3. The normalized spacial score (nSPS) is 14.0. The van der Waals surface area contributed by atoms with Gasteiger partial charge in [0, 0.05) is 50.2 Å². The van der Waals surface area contributed by atoms with Crippen LogP contribution in [0.15, 0.2) is 47.3 Å². The number of carbonyl (C=O) groups is 1. The summed E-state index contributed by atoms with van der Waals surface area (Å²) in [7, 11) is 3.90.